The standard InChI is InChI=1S/C18H17NO4S3/c1-23-17(21)19-16-13-8-6-4-3-5-7-10-18(22,12-15(16)20)14(13)9-11-25-26-24-2/h3,5,9,22H,8,11-12H2,1-2H3,(H,19,21)/b5-3-,14-9+/t18-/m0/s1. The second-order valence-electron chi connectivity index (χ2n) is 5.17. The highest BCUT2D eigenvalue weighted by molar-refractivity contribution is 9.09. The summed E-state index contributed by atoms with van der Waals surface area (Å²) in [4.78, 5) is 24.2. The summed E-state index contributed by atoms with van der Waals surface area (Å²) in [5.74, 6) is 11.5. The highest BCUT2D eigenvalue weighted by atomic mass is 33.5. The molecule has 2 bridgehead atoms. The number of rotatable bonds is 5. The normalized spacial score (nSPS) is 24.1. The summed E-state index contributed by atoms with van der Waals surface area (Å²) in [6.45, 7) is 0. The van der Waals surface area contributed by atoms with E-state index in [1.807, 2.05) is 12.3 Å². The maximum atomic E-state index is 12.6. The number of aliphatic hydroxyl groups is 1. The first-order valence-electron chi connectivity index (χ1n) is 7.55. The smallest absolute Gasteiger partial charge is 0.411 e. The molecular formula is C18H17NO4S3. The number of ether oxygens (including phenoxy) is 1. The second-order valence-corrected chi connectivity index (χ2v) is 9.55. The molecule has 0 fully saturated rings. The van der Waals surface area contributed by atoms with Gasteiger partial charge >= 0.3 is 6.09 Å². The highest BCUT2D eigenvalue weighted by Crippen LogP contribution is 2.38. The third-order valence-electron chi connectivity index (χ3n) is 3.55. The number of fused-ring (bicyclic) bond motifs is 2. The van der Waals surface area contributed by atoms with E-state index in [1.54, 1.807) is 43.6 Å². The molecule has 0 aromatic heterocycles. The molecule has 5 nitrogen and oxygen atoms in total. The SMILES string of the molecule is COC(=O)NC1=C2CC#C/C=C\C#C[C@](O)(CC1=O)/C2=C/CSSSC. The van der Waals surface area contributed by atoms with Gasteiger partial charge in [0.25, 0.3) is 0 Å². The zero-order valence-electron chi connectivity index (χ0n) is 14.3. The molecule has 136 valence electrons. The number of carbonyl (C=O) groups excluding carboxylic acids is 2. The lowest BCUT2D eigenvalue weighted by Gasteiger charge is -2.33. The molecule has 0 aliphatic heterocycles. The number of nitrogens with one attached hydrogen (secondary N) is 1. The first-order valence-corrected chi connectivity index (χ1v) is 11.6. The van der Waals surface area contributed by atoms with Crippen molar-refractivity contribution in [1.29, 1.82) is 0 Å². The Morgan fingerprint density at radius 1 is 1.46 bits per heavy atom. The Hall–Kier alpha value is -1.71. The van der Waals surface area contributed by atoms with Crippen LogP contribution < -0.4 is 5.32 Å². The van der Waals surface area contributed by atoms with Crippen molar-refractivity contribution in [3.63, 3.8) is 0 Å². The van der Waals surface area contributed by atoms with Crippen LogP contribution in [0.15, 0.2) is 35.1 Å². The zero-order valence-corrected chi connectivity index (χ0v) is 16.7. The summed E-state index contributed by atoms with van der Waals surface area (Å²) in [5, 5.41) is 13.5. The van der Waals surface area contributed by atoms with Gasteiger partial charge in [-0.25, -0.2) is 4.79 Å². The number of hydrogen-bond acceptors (Lipinski definition) is 7. The molecule has 26 heavy (non-hydrogen) atoms. The average molecular weight is 408 g/mol. The van der Waals surface area contributed by atoms with Crippen LogP contribution in [0.1, 0.15) is 12.8 Å². The van der Waals surface area contributed by atoms with Gasteiger partial charge in [0.1, 0.15) is 0 Å². The highest BCUT2D eigenvalue weighted by Gasteiger charge is 2.42. The minimum atomic E-state index is -1.61. The molecule has 2 rings (SSSR count). The minimum absolute atomic E-state index is 0.107. The van der Waals surface area contributed by atoms with Crippen molar-refractivity contribution < 1.29 is 19.4 Å². The van der Waals surface area contributed by atoms with Crippen molar-refractivity contribution in [3.8, 4) is 23.7 Å². The fourth-order valence-electron chi connectivity index (χ4n) is 2.49. The minimum Gasteiger partial charge on any atom is -0.453 e. The molecule has 0 spiro atoms. The van der Waals surface area contributed by atoms with Crippen molar-refractivity contribution in [2.45, 2.75) is 18.4 Å². The van der Waals surface area contributed by atoms with Crippen molar-refractivity contribution in [2.75, 3.05) is 19.1 Å². The van der Waals surface area contributed by atoms with E-state index in [-0.39, 0.29) is 18.5 Å². The van der Waals surface area contributed by atoms with E-state index in [4.69, 9.17) is 0 Å². The topological polar surface area (TPSA) is 75.6 Å². The van der Waals surface area contributed by atoms with Crippen molar-refractivity contribution in [2.24, 2.45) is 0 Å². The monoisotopic (exact) mass is 407 g/mol. The maximum absolute atomic E-state index is 12.6. The number of amides is 1. The van der Waals surface area contributed by atoms with Crippen LogP contribution in [0.25, 0.3) is 0 Å². The van der Waals surface area contributed by atoms with E-state index in [0.717, 1.165) is 0 Å². The second kappa shape index (κ2) is 9.84. The van der Waals surface area contributed by atoms with E-state index in [9.17, 15) is 14.7 Å². The lowest BCUT2D eigenvalue weighted by molar-refractivity contribution is -0.118. The van der Waals surface area contributed by atoms with Gasteiger partial charge in [-0.2, -0.15) is 0 Å². The van der Waals surface area contributed by atoms with Gasteiger partial charge in [-0.3, -0.25) is 10.1 Å². The third kappa shape index (κ3) is 5.15. The lowest BCUT2D eigenvalue weighted by Crippen LogP contribution is -2.42. The van der Waals surface area contributed by atoms with Crippen molar-refractivity contribution >= 4 is 43.3 Å². The summed E-state index contributed by atoms with van der Waals surface area (Å²) in [6, 6.07) is 0. The molecule has 0 saturated heterocycles. The molecule has 0 unspecified atom stereocenters. The molecular weight excluding hydrogens is 390 g/mol. The Balaban J connectivity index is 2.56. The van der Waals surface area contributed by atoms with Crippen LogP contribution in [0.3, 0.4) is 0 Å². The van der Waals surface area contributed by atoms with Gasteiger partial charge in [-0.1, -0.05) is 51.3 Å². The molecule has 2 aliphatic carbocycles. The Bertz CT molecular complexity index is 808. The summed E-state index contributed by atoms with van der Waals surface area (Å²) >= 11 is 0. The van der Waals surface area contributed by atoms with E-state index in [0.29, 0.717) is 16.9 Å². The van der Waals surface area contributed by atoms with Crippen LogP contribution >= 0.6 is 31.4 Å². The maximum Gasteiger partial charge on any atom is 0.411 e. The number of methoxy groups -OCH3 is 1. The predicted molar refractivity (Wildman–Crippen MR) is 108 cm³/mol. The number of carbonyl (C=O) groups is 2. The molecule has 1 amide bonds. The number of allylic oxidation sites excluding steroid dienone is 3. The fourth-order valence-corrected chi connectivity index (χ4v) is 4.90. The number of ketones is 1. The van der Waals surface area contributed by atoms with Crippen molar-refractivity contribution in [1.82, 2.24) is 5.32 Å². The van der Waals surface area contributed by atoms with Crippen LogP contribution in [0, 0.1) is 23.7 Å². The van der Waals surface area contributed by atoms with Gasteiger partial charge in [0, 0.05) is 12.2 Å². The summed E-state index contributed by atoms with van der Waals surface area (Å²) < 4.78 is 4.61. The fraction of sp³-hybridized carbons (Fsp3) is 0.333. The van der Waals surface area contributed by atoms with E-state index >= 15 is 0 Å². The quantitative estimate of drug-likeness (QED) is 0.412. The molecule has 2 N–H and O–H groups in total. The van der Waals surface area contributed by atoms with Gasteiger partial charge in [0.05, 0.1) is 19.2 Å². The van der Waals surface area contributed by atoms with Crippen LogP contribution in [0.4, 0.5) is 4.79 Å². The van der Waals surface area contributed by atoms with Gasteiger partial charge in [-0.05, 0) is 39.4 Å². The lowest BCUT2D eigenvalue weighted by atomic mass is 9.76. The van der Waals surface area contributed by atoms with Gasteiger partial charge in [0.15, 0.2) is 11.4 Å². The van der Waals surface area contributed by atoms with Gasteiger partial charge in [0.2, 0.25) is 0 Å². The molecule has 0 heterocycles. The van der Waals surface area contributed by atoms with Crippen LogP contribution in [-0.2, 0) is 9.53 Å². The van der Waals surface area contributed by atoms with Crippen LogP contribution in [-0.4, -0.2) is 41.7 Å². The summed E-state index contributed by atoms with van der Waals surface area (Å²) in [5.41, 5.74) is -0.520. The molecule has 8 heteroatoms. The Morgan fingerprint density at radius 2 is 2.23 bits per heavy atom. The van der Waals surface area contributed by atoms with E-state index in [2.05, 4.69) is 33.7 Å². The Morgan fingerprint density at radius 3 is 2.96 bits per heavy atom. The first kappa shape index (κ1) is 20.6. The van der Waals surface area contributed by atoms with Crippen molar-refractivity contribution in [3.05, 3.63) is 35.1 Å². The third-order valence-corrected chi connectivity index (χ3v) is 7.28. The summed E-state index contributed by atoms with van der Waals surface area (Å²) in [7, 11) is 6.06. The van der Waals surface area contributed by atoms with Crippen LogP contribution in [0.2, 0.25) is 0 Å². The molecule has 2 aliphatic rings. The molecule has 0 radical (unpaired) electrons. The number of hydrogen-bond donors (Lipinski definition) is 2. The average Bonchev–Trinajstić information content (AvgIpc) is 2.61. The number of Topliss-reactive ketones (excluding diaryl/α,β-unsaturated/α-hetero) is 1. The van der Waals surface area contributed by atoms with Gasteiger partial charge in [-0.15, -0.1) is 0 Å². The Labute approximate surface area is 164 Å². The molecule has 1 atom stereocenters. The van der Waals surface area contributed by atoms with E-state index < -0.39 is 17.5 Å². The number of alkyl carbamates (subject to hydrolysis) is 1. The molecule has 0 aromatic carbocycles. The first-order chi connectivity index (χ1) is 12.5. The van der Waals surface area contributed by atoms with Gasteiger partial charge < -0.3 is 9.84 Å². The zero-order chi connectivity index (χ0) is 19.0. The Kier molecular flexibility index (Phi) is 7.80. The predicted octanol–water partition coefficient (Wildman–Crippen LogP) is 2.85. The van der Waals surface area contributed by atoms with E-state index in [1.165, 1.54) is 7.11 Å². The summed E-state index contributed by atoms with van der Waals surface area (Å²) in [6.07, 6.45) is 6.17. The largest absolute Gasteiger partial charge is 0.453 e. The van der Waals surface area contributed by atoms with Crippen LogP contribution in [0.5, 0.6) is 0 Å². The molecule has 0 aromatic rings. The molecule has 0 saturated carbocycles.